The maximum atomic E-state index is 13.2. The van der Waals surface area contributed by atoms with Crippen molar-refractivity contribution >= 4 is 29.4 Å². The van der Waals surface area contributed by atoms with Crippen LogP contribution in [0.15, 0.2) is 52.4 Å². The van der Waals surface area contributed by atoms with E-state index in [1.165, 1.54) is 24.3 Å². The van der Waals surface area contributed by atoms with Gasteiger partial charge in [-0.3, -0.25) is 15.0 Å². The highest BCUT2D eigenvalue weighted by molar-refractivity contribution is 7.80. The molecule has 1 aromatic heterocycles. The highest BCUT2D eigenvalue weighted by Gasteiger charge is 2.12. The zero-order valence-electron chi connectivity index (χ0n) is 12.2. The van der Waals surface area contributed by atoms with E-state index in [0.717, 1.165) is 16.8 Å². The predicted octanol–water partition coefficient (Wildman–Crippen LogP) is 2.28. The molecule has 1 heterocycles. The molecular formula is C16H11F2N3O2S. The average molecular weight is 347 g/mol. The first-order valence-electron chi connectivity index (χ1n) is 6.89. The SMILES string of the molecule is O=C(Cc1cccc(F)c1)Nn1c(S)nc2cc(F)ccc2c1=O. The molecule has 2 aromatic carbocycles. The number of carbonyl (C=O) groups is 1. The van der Waals surface area contributed by atoms with Gasteiger partial charge in [-0.05, 0) is 29.8 Å². The Hall–Kier alpha value is -2.74. The third-order valence-corrected chi connectivity index (χ3v) is 3.60. The molecule has 1 N–H and O–H groups in total. The molecule has 3 rings (SSSR count). The van der Waals surface area contributed by atoms with E-state index in [4.69, 9.17) is 0 Å². The van der Waals surface area contributed by atoms with Gasteiger partial charge in [-0.25, -0.2) is 13.8 Å². The van der Waals surface area contributed by atoms with Crippen molar-refractivity contribution in [3.63, 3.8) is 0 Å². The lowest BCUT2D eigenvalue weighted by atomic mass is 10.1. The summed E-state index contributed by atoms with van der Waals surface area (Å²) in [6.45, 7) is 0. The Kier molecular flexibility index (Phi) is 4.30. The van der Waals surface area contributed by atoms with Crippen LogP contribution in [-0.4, -0.2) is 15.6 Å². The molecule has 122 valence electrons. The maximum absolute atomic E-state index is 13.2. The highest BCUT2D eigenvalue weighted by atomic mass is 32.1. The van der Waals surface area contributed by atoms with Crippen LogP contribution >= 0.6 is 12.6 Å². The van der Waals surface area contributed by atoms with E-state index >= 15 is 0 Å². The van der Waals surface area contributed by atoms with Crippen molar-refractivity contribution < 1.29 is 13.6 Å². The van der Waals surface area contributed by atoms with E-state index in [1.807, 2.05) is 0 Å². The Morgan fingerprint density at radius 2 is 1.92 bits per heavy atom. The summed E-state index contributed by atoms with van der Waals surface area (Å²) in [7, 11) is 0. The van der Waals surface area contributed by atoms with E-state index < -0.39 is 23.1 Å². The Labute approximate surface area is 140 Å². The van der Waals surface area contributed by atoms with Crippen LogP contribution in [0.1, 0.15) is 5.56 Å². The fourth-order valence-corrected chi connectivity index (χ4v) is 2.49. The summed E-state index contributed by atoms with van der Waals surface area (Å²) >= 11 is 4.05. The van der Waals surface area contributed by atoms with Gasteiger partial charge in [0.25, 0.3) is 5.56 Å². The second-order valence-corrected chi connectivity index (χ2v) is 5.46. The normalized spacial score (nSPS) is 10.8. The summed E-state index contributed by atoms with van der Waals surface area (Å²) in [6.07, 6.45) is -0.126. The maximum Gasteiger partial charge on any atom is 0.281 e. The molecule has 0 aliphatic rings. The number of thiol groups is 1. The van der Waals surface area contributed by atoms with Crippen molar-refractivity contribution in [2.45, 2.75) is 11.6 Å². The number of carbonyl (C=O) groups excluding carboxylic acids is 1. The third kappa shape index (κ3) is 3.28. The number of hydrogen-bond acceptors (Lipinski definition) is 4. The van der Waals surface area contributed by atoms with Crippen molar-refractivity contribution in [3.8, 4) is 0 Å². The van der Waals surface area contributed by atoms with Gasteiger partial charge in [0.05, 0.1) is 17.3 Å². The third-order valence-electron chi connectivity index (χ3n) is 3.30. The molecule has 0 radical (unpaired) electrons. The number of nitrogens with zero attached hydrogens (tertiary/aromatic N) is 2. The molecule has 0 spiro atoms. The average Bonchev–Trinajstić information content (AvgIpc) is 2.51. The second-order valence-electron chi connectivity index (χ2n) is 5.06. The van der Waals surface area contributed by atoms with Crippen molar-refractivity contribution in [2.75, 3.05) is 5.43 Å². The second kappa shape index (κ2) is 6.40. The van der Waals surface area contributed by atoms with Gasteiger partial charge in [0, 0.05) is 6.07 Å². The first-order valence-corrected chi connectivity index (χ1v) is 7.34. The van der Waals surface area contributed by atoms with Crippen molar-refractivity contribution in [2.24, 2.45) is 0 Å². The monoisotopic (exact) mass is 347 g/mol. The smallest absolute Gasteiger partial charge is 0.273 e. The van der Waals surface area contributed by atoms with Crippen LogP contribution in [0.4, 0.5) is 8.78 Å². The van der Waals surface area contributed by atoms with E-state index in [-0.39, 0.29) is 22.5 Å². The lowest BCUT2D eigenvalue weighted by Gasteiger charge is -2.11. The quantitative estimate of drug-likeness (QED) is 0.564. The van der Waals surface area contributed by atoms with Crippen LogP contribution in [0.2, 0.25) is 0 Å². The Morgan fingerprint density at radius 3 is 2.67 bits per heavy atom. The Morgan fingerprint density at radius 1 is 1.17 bits per heavy atom. The molecule has 0 atom stereocenters. The lowest BCUT2D eigenvalue weighted by Crippen LogP contribution is -2.35. The van der Waals surface area contributed by atoms with Gasteiger partial charge in [0.1, 0.15) is 11.6 Å². The van der Waals surface area contributed by atoms with Gasteiger partial charge in [-0.2, -0.15) is 4.68 Å². The van der Waals surface area contributed by atoms with Gasteiger partial charge in [-0.15, -0.1) is 12.6 Å². The minimum atomic E-state index is -0.586. The number of halogens is 2. The van der Waals surface area contributed by atoms with Crippen molar-refractivity contribution in [3.05, 3.63) is 70.0 Å². The molecule has 0 fully saturated rings. The first kappa shape index (κ1) is 16.1. The number of amides is 1. The minimum absolute atomic E-state index is 0.0920. The molecule has 0 saturated heterocycles. The van der Waals surface area contributed by atoms with E-state index in [2.05, 4.69) is 23.0 Å². The summed E-state index contributed by atoms with van der Waals surface area (Å²) in [5.74, 6) is -1.53. The number of aromatic nitrogens is 2. The fraction of sp³-hybridized carbons (Fsp3) is 0.0625. The molecule has 0 bridgehead atoms. The summed E-state index contributed by atoms with van der Waals surface area (Å²) in [4.78, 5) is 28.4. The fourth-order valence-electron chi connectivity index (χ4n) is 2.24. The number of benzene rings is 2. The van der Waals surface area contributed by atoms with Crippen LogP contribution in [0.25, 0.3) is 10.9 Å². The van der Waals surface area contributed by atoms with Gasteiger partial charge in [0.15, 0.2) is 5.16 Å². The molecule has 0 saturated carbocycles. The summed E-state index contributed by atoms with van der Waals surface area (Å²) in [5.41, 5.74) is 2.37. The number of hydrogen-bond donors (Lipinski definition) is 2. The Bertz CT molecular complexity index is 1000. The zero-order valence-corrected chi connectivity index (χ0v) is 13.1. The van der Waals surface area contributed by atoms with Gasteiger partial charge >= 0.3 is 0 Å². The van der Waals surface area contributed by atoms with Crippen LogP contribution in [0, 0.1) is 11.6 Å². The van der Waals surface area contributed by atoms with Crippen LogP contribution in [-0.2, 0) is 11.2 Å². The van der Waals surface area contributed by atoms with Crippen molar-refractivity contribution in [1.29, 1.82) is 0 Å². The number of fused-ring (bicyclic) bond motifs is 1. The molecule has 5 nitrogen and oxygen atoms in total. The molecule has 0 aliphatic carbocycles. The van der Waals surface area contributed by atoms with Crippen LogP contribution < -0.4 is 11.0 Å². The molecule has 0 aliphatic heterocycles. The zero-order chi connectivity index (χ0) is 17.3. The predicted molar refractivity (Wildman–Crippen MR) is 87.7 cm³/mol. The summed E-state index contributed by atoms with van der Waals surface area (Å²) < 4.78 is 27.2. The van der Waals surface area contributed by atoms with E-state index in [0.29, 0.717) is 5.56 Å². The van der Waals surface area contributed by atoms with Gasteiger partial charge in [-0.1, -0.05) is 12.1 Å². The lowest BCUT2D eigenvalue weighted by molar-refractivity contribution is -0.116. The van der Waals surface area contributed by atoms with Crippen molar-refractivity contribution in [1.82, 2.24) is 9.66 Å². The van der Waals surface area contributed by atoms with Gasteiger partial charge < -0.3 is 0 Å². The van der Waals surface area contributed by atoms with E-state index in [1.54, 1.807) is 6.07 Å². The summed E-state index contributed by atoms with van der Waals surface area (Å²) in [5, 5.41) is 0.0472. The summed E-state index contributed by atoms with van der Waals surface area (Å²) in [6, 6.07) is 9.09. The topological polar surface area (TPSA) is 64.0 Å². The van der Waals surface area contributed by atoms with E-state index in [9.17, 15) is 18.4 Å². The van der Waals surface area contributed by atoms with Gasteiger partial charge in [0.2, 0.25) is 5.91 Å². The number of nitrogens with one attached hydrogen (secondary N) is 1. The molecule has 3 aromatic rings. The molecule has 1 amide bonds. The minimum Gasteiger partial charge on any atom is -0.273 e. The molecule has 0 unspecified atom stereocenters. The Balaban J connectivity index is 1.91. The highest BCUT2D eigenvalue weighted by Crippen LogP contribution is 2.12. The first-order chi connectivity index (χ1) is 11.4. The molecular weight excluding hydrogens is 336 g/mol. The standard InChI is InChI=1S/C16H11F2N3O2S/c17-10-3-1-2-9(6-10)7-14(22)20-21-15(23)12-5-4-11(18)8-13(12)19-16(21)24/h1-6,8H,7H2,(H,19,24)(H,20,22). The van der Waals surface area contributed by atoms with Crippen LogP contribution in [0.5, 0.6) is 0 Å². The molecule has 8 heteroatoms. The number of rotatable bonds is 3. The van der Waals surface area contributed by atoms with Crippen LogP contribution in [0.3, 0.4) is 0 Å². The largest absolute Gasteiger partial charge is 0.281 e. The molecule has 24 heavy (non-hydrogen) atoms.